The third kappa shape index (κ3) is 4.87. The van der Waals surface area contributed by atoms with Gasteiger partial charge in [0, 0.05) is 5.92 Å². The van der Waals surface area contributed by atoms with Crippen molar-refractivity contribution < 1.29 is 24.2 Å². The van der Waals surface area contributed by atoms with Gasteiger partial charge in [0.2, 0.25) is 5.91 Å². The van der Waals surface area contributed by atoms with E-state index in [2.05, 4.69) is 22.8 Å². The zero-order valence-corrected chi connectivity index (χ0v) is 19.1. The van der Waals surface area contributed by atoms with Gasteiger partial charge < -0.3 is 20.5 Å². The number of hydrogen-bond donors (Lipinski definition) is 3. The zero-order chi connectivity index (χ0) is 23.8. The third-order valence-electron chi connectivity index (χ3n) is 6.39. The van der Waals surface area contributed by atoms with E-state index >= 15 is 0 Å². The Balaban J connectivity index is 1.42. The molecule has 7 heteroatoms. The fraction of sp³-hybridized carbons (Fsp3) is 0.423. The molecule has 174 valence electrons. The summed E-state index contributed by atoms with van der Waals surface area (Å²) in [4.78, 5) is 37.2. The van der Waals surface area contributed by atoms with Crippen LogP contribution in [0.15, 0.2) is 48.5 Å². The van der Waals surface area contributed by atoms with Crippen LogP contribution in [-0.2, 0) is 14.3 Å². The van der Waals surface area contributed by atoms with E-state index in [0.717, 1.165) is 35.1 Å². The number of nitrogens with one attached hydrogen (secondary N) is 2. The van der Waals surface area contributed by atoms with Crippen LogP contribution < -0.4 is 10.6 Å². The van der Waals surface area contributed by atoms with Gasteiger partial charge in [-0.15, -0.1) is 0 Å². The zero-order valence-electron chi connectivity index (χ0n) is 19.1. The molecule has 0 aliphatic heterocycles. The van der Waals surface area contributed by atoms with Crippen LogP contribution >= 0.6 is 0 Å². The highest BCUT2D eigenvalue weighted by Crippen LogP contribution is 2.44. The van der Waals surface area contributed by atoms with Gasteiger partial charge in [0.25, 0.3) is 0 Å². The van der Waals surface area contributed by atoms with E-state index < -0.39 is 35.5 Å². The SMILES string of the molecule is CC(C)(C)[C@@H](NC(=O)C(NC(=O)OCC1c2ccccc2-c2ccccc21)C1CC1)C(=O)O. The second-order valence-electron chi connectivity index (χ2n) is 9.93. The molecule has 2 aliphatic carbocycles. The van der Waals surface area contributed by atoms with Crippen molar-refractivity contribution in [3.63, 3.8) is 0 Å². The number of benzene rings is 2. The van der Waals surface area contributed by atoms with E-state index in [0.29, 0.717) is 0 Å². The Morgan fingerprint density at radius 2 is 1.52 bits per heavy atom. The van der Waals surface area contributed by atoms with Crippen molar-refractivity contribution in [2.75, 3.05) is 6.61 Å². The lowest BCUT2D eigenvalue weighted by molar-refractivity contribution is -0.145. The Hall–Kier alpha value is -3.35. The van der Waals surface area contributed by atoms with E-state index in [1.807, 2.05) is 36.4 Å². The molecule has 0 heterocycles. The molecule has 1 fully saturated rings. The largest absolute Gasteiger partial charge is 0.480 e. The van der Waals surface area contributed by atoms with Gasteiger partial charge >= 0.3 is 12.1 Å². The molecule has 2 atom stereocenters. The fourth-order valence-corrected chi connectivity index (χ4v) is 4.47. The van der Waals surface area contributed by atoms with Gasteiger partial charge in [0.15, 0.2) is 0 Å². The average molecular weight is 451 g/mol. The first-order valence-corrected chi connectivity index (χ1v) is 11.3. The minimum absolute atomic E-state index is 0.0140. The second kappa shape index (κ2) is 8.89. The average Bonchev–Trinajstić information content (AvgIpc) is 3.56. The Morgan fingerprint density at radius 1 is 0.970 bits per heavy atom. The molecule has 2 aromatic carbocycles. The van der Waals surface area contributed by atoms with Crippen LogP contribution in [-0.4, -0.2) is 41.8 Å². The maximum Gasteiger partial charge on any atom is 0.407 e. The van der Waals surface area contributed by atoms with E-state index in [1.54, 1.807) is 20.8 Å². The Morgan fingerprint density at radius 3 is 2.00 bits per heavy atom. The van der Waals surface area contributed by atoms with Gasteiger partial charge in [-0.05, 0) is 46.4 Å². The van der Waals surface area contributed by atoms with Crippen LogP contribution in [0.3, 0.4) is 0 Å². The van der Waals surface area contributed by atoms with Crippen LogP contribution in [0.2, 0.25) is 0 Å². The number of rotatable bonds is 7. The lowest BCUT2D eigenvalue weighted by Crippen LogP contribution is -2.56. The van der Waals surface area contributed by atoms with Gasteiger partial charge in [-0.3, -0.25) is 4.79 Å². The molecule has 0 aromatic heterocycles. The number of carboxylic acids is 1. The lowest BCUT2D eigenvalue weighted by atomic mass is 9.86. The normalized spacial score (nSPS) is 16.8. The second-order valence-corrected chi connectivity index (χ2v) is 9.93. The molecule has 0 saturated heterocycles. The predicted molar refractivity (Wildman–Crippen MR) is 124 cm³/mol. The van der Waals surface area contributed by atoms with Crippen LogP contribution in [0.5, 0.6) is 0 Å². The summed E-state index contributed by atoms with van der Waals surface area (Å²) in [5, 5.41) is 14.8. The van der Waals surface area contributed by atoms with Gasteiger partial charge in [0.05, 0.1) is 0 Å². The Labute approximate surface area is 193 Å². The molecule has 33 heavy (non-hydrogen) atoms. The number of alkyl carbamates (subject to hydrolysis) is 1. The van der Waals surface area contributed by atoms with Gasteiger partial charge in [-0.2, -0.15) is 0 Å². The molecule has 0 bridgehead atoms. The Kier molecular flexibility index (Phi) is 6.15. The molecule has 1 unspecified atom stereocenters. The summed E-state index contributed by atoms with van der Waals surface area (Å²) >= 11 is 0. The summed E-state index contributed by atoms with van der Waals surface area (Å²) in [5.41, 5.74) is 3.83. The van der Waals surface area contributed by atoms with Crippen molar-refractivity contribution in [1.82, 2.24) is 10.6 Å². The first-order valence-electron chi connectivity index (χ1n) is 11.3. The molecule has 2 aliphatic rings. The molecule has 1 saturated carbocycles. The summed E-state index contributed by atoms with van der Waals surface area (Å²) in [6.45, 7) is 5.39. The molecule has 3 N–H and O–H groups in total. The molecular formula is C26H30N2O5. The highest BCUT2D eigenvalue weighted by Gasteiger charge is 2.41. The van der Waals surface area contributed by atoms with E-state index in [4.69, 9.17) is 4.74 Å². The highest BCUT2D eigenvalue weighted by molar-refractivity contribution is 5.90. The van der Waals surface area contributed by atoms with Crippen molar-refractivity contribution in [2.24, 2.45) is 11.3 Å². The van der Waals surface area contributed by atoms with Crippen molar-refractivity contribution in [2.45, 2.75) is 51.6 Å². The predicted octanol–water partition coefficient (Wildman–Crippen LogP) is 3.92. The summed E-state index contributed by atoms with van der Waals surface area (Å²) in [7, 11) is 0. The number of carbonyl (C=O) groups excluding carboxylic acids is 2. The minimum atomic E-state index is -1.11. The van der Waals surface area contributed by atoms with Crippen LogP contribution in [0.1, 0.15) is 50.7 Å². The maximum atomic E-state index is 12.9. The van der Waals surface area contributed by atoms with Gasteiger partial charge in [-0.1, -0.05) is 69.3 Å². The van der Waals surface area contributed by atoms with Crippen LogP contribution in [0, 0.1) is 11.3 Å². The molecule has 2 amide bonds. The number of carbonyl (C=O) groups is 3. The number of carboxylic acid groups (broad SMARTS) is 1. The van der Waals surface area contributed by atoms with Gasteiger partial charge in [0.1, 0.15) is 18.7 Å². The van der Waals surface area contributed by atoms with Crippen molar-refractivity contribution in [3.8, 4) is 11.1 Å². The molecular weight excluding hydrogens is 420 g/mol. The number of hydrogen-bond acceptors (Lipinski definition) is 4. The smallest absolute Gasteiger partial charge is 0.407 e. The van der Waals surface area contributed by atoms with Crippen LogP contribution in [0.25, 0.3) is 11.1 Å². The molecule has 0 radical (unpaired) electrons. The summed E-state index contributed by atoms with van der Waals surface area (Å²) < 4.78 is 5.57. The molecule has 7 nitrogen and oxygen atoms in total. The maximum absolute atomic E-state index is 12.9. The third-order valence-corrected chi connectivity index (χ3v) is 6.39. The standard InChI is InChI=1S/C26H30N2O5/c1-26(2,3)22(24(30)31)28-23(29)21(15-12-13-15)27-25(32)33-14-20-18-10-6-4-8-16(18)17-9-5-7-11-19(17)20/h4-11,15,20-22H,12-14H2,1-3H3,(H,27,32)(H,28,29)(H,30,31)/t21?,22-/m0/s1. The van der Waals surface area contributed by atoms with Crippen molar-refractivity contribution in [1.29, 1.82) is 0 Å². The number of ether oxygens (including phenoxy) is 1. The van der Waals surface area contributed by atoms with E-state index in [-0.39, 0.29) is 18.4 Å². The quantitative estimate of drug-likeness (QED) is 0.593. The summed E-state index contributed by atoms with van der Waals surface area (Å²) in [5.74, 6) is -1.69. The van der Waals surface area contributed by atoms with E-state index in [1.165, 1.54) is 0 Å². The first-order chi connectivity index (χ1) is 15.7. The Bertz CT molecular complexity index is 1020. The number of amides is 2. The molecule has 0 spiro atoms. The highest BCUT2D eigenvalue weighted by atomic mass is 16.5. The van der Waals surface area contributed by atoms with Crippen molar-refractivity contribution in [3.05, 3.63) is 59.7 Å². The summed E-state index contributed by atoms with van der Waals surface area (Å²) in [6.07, 6.45) is 0.927. The first kappa shape index (κ1) is 22.8. The summed E-state index contributed by atoms with van der Waals surface area (Å²) in [6, 6.07) is 14.3. The lowest BCUT2D eigenvalue weighted by Gasteiger charge is -2.29. The monoisotopic (exact) mass is 450 g/mol. The minimum Gasteiger partial charge on any atom is -0.480 e. The topological polar surface area (TPSA) is 105 Å². The molecule has 2 aromatic rings. The van der Waals surface area contributed by atoms with Gasteiger partial charge in [-0.25, -0.2) is 9.59 Å². The number of fused-ring (bicyclic) bond motifs is 3. The van der Waals surface area contributed by atoms with Crippen molar-refractivity contribution >= 4 is 18.0 Å². The fourth-order valence-electron chi connectivity index (χ4n) is 4.47. The van der Waals surface area contributed by atoms with Crippen LogP contribution in [0.4, 0.5) is 4.79 Å². The van der Waals surface area contributed by atoms with E-state index in [9.17, 15) is 19.5 Å². The molecule has 4 rings (SSSR count). The number of aliphatic carboxylic acids is 1.